The molecule has 0 aliphatic rings. The molecule has 112 valence electrons. The second-order valence-corrected chi connectivity index (χ2v) is 4.16. The van der Waals surface area contributed by atoms with E-state index in [0.29, 0.717) is 19.8 Å². The monoisotopic (exact) mass is 282 g/mol. The zero-order valence-corrected chi connectivity index (χ0v) is 12.0. The Bertz CT molecular complexity index is 388. The first-order valence-corrected chi connectivity index (χ1v) is 6.81. The molecule has 0 bridgehead atoms. The summed E-state index contributed by atoms with van der Waals surface area (Å²) in [5.74, 6) is 0.142. The number of rotatable bonds is 9. The third kappa shape index (κ3) is 6.04. The smallest absolute Gasteiger partial charge is 0.335 e. The zero-order chi connectivity index (χ0) is 14.8. The molecule has 0 heterocycles. The molecule has 0 spiro atoms. The molecule has 0 amide bonds. The van der Waals surface area contributed by atoms with E-state index in [1.54, 1.807) is 19.1 Å². The number of hydrogen-bond acceptors (Lipinski definition) is 5. The van der Waals surface area contributed by atoms with Crippen LogP contribution in [0.4, 0.5) is 0 Å². The lowest BCUT2D eigenvalue weighted by molar-refractivity contribution is -0.152. The summed E-state index contributed by atoms with van der Waals surface area (Å²) in [7, 11) is 0. The lowest BCUT2D eigenvalue weighted by Crippen LogP contribution is -2.25. The normalized spacial score (nSPS) is 11.9. The van der Waals surface area contributed by atoms with Gasteiger partial charge in [0.15, 0.2) is 6.10 Å². The minimum Gasteiger partial charge on any atom is -0.491 e. The number of aliphatic hydroxyl groups excluding tert-OH is 1. The Morgan fingerprint density at radius 1 is 1.15 bits per heavy atom. The maximum absolute atomic E-state index is 11.3. The van der Waals surface area contributed by atoms with Crippen molar-refractivity contribution in [3.05, 3.63) is 29.8 Å². The average Bonchev–Trinajstić information content (AvgIpc) is 2.45. The van der Waals surface area contributed by atoms with Crippen molar-refractivity contribution in [1.82, 2.24) is 0 Å². The standard InChI is InChI=1S/C15H22O5/c1-3-18-9-10-20-13-7-5-12(6-8-13)11-14(16)15(17)19-4-2/h5-8,14,16H,3-4,9-11H2,1-2H3. The first-order chi connectivity index (χ1) is 9.67. The fraction of sp³-hybridized carbons (Fsp3) is 0.533. The molecule has 0 saturated carbocycles. The van der Waals surface area contributed by atoms with Crippen molar-refractivity contribution in [3.8, 4) is 5.75 Å². The van der Waals surface area contributed by atoms with Crippen LogP contribution in [-0.2, 0) is 20.7 Å². The summed E-state index contributed by atoms with van der Waals surface area (Å²) in [6, 6.07) is 7.25. The summed E-state index contributed by atoms with van der Waals surface area (Å²) in [4.78, 5) is 11.3. The van der Waals surface area contributed by atoms with Crippen LogP contribution in [0.1, 0.15) is 19.4 Å². The largest absolute Gasteiger partial charge is 0.491 e. The molecule has 1 aromatic rings. The highest BCUT2D eigenvalue weighted by molar-refractivity contribution is 5.74. The molecule has 1 unspecified atom stereocenters. The van der Waals surface area contributed by atoms with Gasteiger partial charge in [-0.2, -0.15) is 0 Å². The summed E-state index contributed by atoms with van der Waals surface area (Å²) in [5.41, 5.74) is 0.850. The Hall–Kier alpha value is -1.59. The number of carbonyl (C=O) groups is 1. The molecule has 1 aromatic carbocycles. The van der Waals surface area contributed by atoms with Gasteiger partial charge >= 0.3 is 5.97 Å². The van der Waals surface area contributed by atoms with Crippen molar-refractivity contribution < 1.29 is 24.1 Å². The van der Waals surface area contributed by atoms with Gasteiger partial charge < -0.3 is 19.3 Å². The maximum Gasteiger partial charge on any atom is 0.335 e. The van der Waals surface area contributed by atoms with Crippen LogP contribution in [0.15, 0.2) is 24.3 Å². The SMILES string of the molecule is CCOCCOc1ccc(CC(O)C(=O)OCC)cc1. The van der Waals surface area contributed by atoms with Crippen molar-refractivity contribution in [1.29, 1.82) is 0 Å². The van der Waals surface area contributed by atoms with Crippen LogP contribution >= 0.6 is 0 Å². The van der Waals surface area contributed by atoms with Gasteiger partial charge in [0.2, 0.25) is 0 Å². The summed E-state index contributed by atoms with van der Waals surface area (Å²) >= 11 is 0. The molecule has 20 heavy (non-hydrogen) atoms. The van der Waals surface area contributed by atoms with E-state index in [4.69, 9.17) is 14.2 Å². The minimum atomic E-state index is -1.13. The lowest BCUT2D eigenvalue weighted by atomic mass is 10.1. The Kier molecular flexibility index (Phi) is 7.69. The van der Waals surface area contributed by atoms with Gasteiger partial charge in [-0.1, -0.05) is 12.1 Å². The number of benzene rings is 1. The van der Waals surface area contributed by atoms with Gasteiger partial charge in [-0.15, -0.1) is 0 Å². The highest BCUT2D eigenvalue weighted by atomic mass is 16.5. The molecule has 5 nitrogen and oxygen atoms in total. The molecule has 0 aromatic heterocycles. The van der Waals surface area contributed by atoms with Crippen LogP contribution in [0.2, 0.25) is 0 Å². The van der Waals surface area contributed by atoms with Crippen molar-refractivity contribution >= 4 is 5.97 Å². The van der Waals surface area contributed by atoms with E-state index < -0.39 is 12.1 Å². The first-order valence-electron chi connectivity index (χ1n) is 6.81. The molecule has 1 rings (SSSR count). The maximum atomic E-state index is 11.3. The first kappa shape index (κ1) is 16.5. The Labute approximate surface area is 119 Å². The van der Waals surface area contributed by atoms with Crippen molar-refractivity contribution in [2.75, 3.05) is 26.4 Å². The van der Waals surface area contributed by atoms with Crippen molar-refractivity contribution in [2.24, 2.45) is 0 Å². The molecule has 5 heteroatoms. The molecular formula is C15H22O5. The predicted octanol–water partition coefficient (Wildman–Crippen LogP) is 1.57. The van der Waals surface area contributed by atoms with Gasteiger partial charge in [0.05, 0.1) is 13.2 Å². The highest BCUT2D eigenvalue weighted by Crippen LogP contribution is 2.13. The van der Waals surface area contributed by atoms with E-state index in [1.807, 2.05) is 19.1 Å². The number of hydrogen-bond donors (Lipinski definition) is 1. The van der Waals surface area contributed by atoms with Gasteiger partial charge in [0.1, 0.15) is 12.4 Å². The Morgan fingerprint density at radius 3 is 2.45 bits per heavy atom. The number of esters is 1. The Morgan fingerprint density at radius 2 is 1.85 bits per heavy atom. The van der Waals surface area contributed by atoms with E-state index in [1.165, 1.54) is 0 Å². The van der Waals surface area contributed by atoms with E-state index in [2.05, 4.69) is 0 Å². The fourth-order valence-electron chi connectivity index (χ4n) is 1.63. The molecule has 0 aliphatic carbocycles. The van der Waals surface area contributed by atoms with E-state index in [-0.39, 0.29) is 13.0 Å². The quantitative estimate of drug-likeness (QED) is 0.550. The summed E-state index contributed by atoms with van der Waals surface area (Å²) in [5, 5.41) is 9.65. The van der Waals surface area contributed by atoms with Crippen LogP contribution in [-0.4, -0.2) is 43.6 Å². The fourth-order valence-corrected chi connectivity index (χ4v) is 1.63. The van der Waals surface area contributed by atoms with Gasteiger partial charge in [-0.25, -0.2) is 4.79 Å². The highest BCUT2D eigenvalue weighted by Gasteiger charge is 2.16. The number of ether oxygens (including phenoxy) is 3. The van der Waals surface area contributed by atoms with E-state index >= 15 is 0 Å². The molecule has 0 fully saturated rings. The van der Waals surface area contributed by atoms with Crippen LogP contribution < -0.4 is 4.74 Å². The molecule has 1 N–H and O–H groups in total. The molecule has 0 radical (unpaired) electrons. The second-order valence-electron chi connectivity index (χ2n) is 4.16. The molecular weight excluding hydrogens is 260 g/mol. The van der Waals surface area contributed by atoms with Crippen molar-refractivity contribution in [2.45, 2.75) is 26.4 Å². The third-order valence-corrected chi connectivity index (χ3v) is 2.61. The zero-order valence-electron chi connectivity index (χ0n) is 12.0. The predicted molar refractivity (Wildman–Crippen MR) is 74.8 cm³/mol. The van der Waals surface area contributed by atoms with E-state index in [0.717, 1.165) is 11.3 Å². The summed E-state index contributed by atoms with van der Waals surface area (Å²) < 4.78 is 15.4. The molecule has 1 atom stereocenters. The summed E-state index contributed by atoms with van der Waals surface area (Å²) in [6.45, 7) is 5.64. The number of aliphatic hydroxyl groups is 1. The van der Waals surface area contributed by atoms with Crippen molar-refractivity contribution in [3.63, 3.8) is 0 Å². The lowest BCUT2D eigenvalue weighted by Gasteiger charge is -2.10. The van der Waals surface area contributed by atoms with Crippen LogP contribution in [0.25, 0.3) is 0 Å². The van der Waals surface area contributed by atoms with Crippen LogP contribution in [0, 0.1) is 0 Å². The molecule has 0 aliphatic heterocycles. The summed E-state index contributed by atoms with van der Waals surface area (Å²) in [6.07, 6.45) is -0.891. The Balaban J connectivity index is 2.40. The average molecular weight is 282 g/mol. The van der Waals surface area contributed by atoms with Gasteiger partial charge in [-0.05, 0) is 31.5 Å². The van der Waals surface area contributed by atoms with E-state index in [9.17, 15) is 9.90 Å². The third-order valence-electron chi connectivity index (χ3n) is 2.61. The van der Waals surface area contributed by atoms with Gasteiger partial charge in [0.25, 0.3) is 0 Å². The minimum absolute atomic E-state index is 0.234. The second kappa shape index (κ2) is 9.34. The number of carbonyl (C=O) groups excluding carboxylic acids is 1. The topological polar surface area (TPSA) is 65.0 Å². The van der Waals surface area contributed by atoms with Crippen LogP contribution in [0.3, 0.4) is 0 Å². The van der Waals surface area contributed by atoms with Gasteiger partial charge in [-0.3, -0.25) is 0 Å². The van der Waals surface area contributed by atoms with Crippen LogP contribution in [0.5, 0.6) is 5.75 Å². The van der Waals surface area contributed by atoms with Gasteiger partial charge in [0, 0.05) is 13.0 Å². The molecule has 0 saturated heterocycles.